The minimum atomic E-state index is -0.944. The summed E-state index contributed by atoms with van der Waals surface area (Å²) in [6.07, 6.45) is 3.95. The molecule has 0 spiro atoms. The van der Waals surface area contributed by atoms with Gasteiger partial charge in [-0.15, -0.1) is 0 Å². The first-order chi connectivity index (χ1) is 7.52. The van der Waals surface area contributed by atoms with Gasteiger partial charge in [0.05, 0.1) is 6.54 Å². The molecule has 1 amide bonds. The highest BCUT2D eigenvalue weighted by molar-refractivity contribution is 5.82. The van der Waals surface area contributed by atoms with Crippen LogP contribution in [0.5, 0.6) is 0 Å². The zero-order chi connectivity index (χ0) is 11.8. The molecule has 3 N–H and O–H groups in total. The van der Waals surface area contributed by atoms with Crippen LogP contribution in [-0.2, 0) is 9.59 Å². The Bertz CT molecular complexity index is 310. The highest BCUT2D eigenvalue weighted by Gasteiger charge is 2.47. The van der Waals surface area contributed by atoms with Crippen LogP contribution in [0.15, 0.2) is 0 Å². The molecule has 2 rings (SSSR count). The third-order valence-corrected chi connectivity index (χ3v) is 3.40. The summed E-state index contributed by atoms with van der Waals surface area (Å²) < 4.78 is 0. The molecule has 0 saturated heterocycles. The number of aliphatic carboxylic acids is 1. The van der Waals surface area contributed by atoms with Crippen molar-refractivity contribution in [1.82, 2.24) is 10.6 Å². The zero-order valence-electron chi connectivity index (χ0n) is 9.45. The van der Waals surface area contributed by atoms with Gasteiger partial charge >= 0.3 is 5.97 Å². The smallest absolute Gasteiger partial charge is 0.323 e. The van der Waals surface area contributed by atoms with E-state index in [0.717, 1.165) is 25.7 Å². The van der Waals surface area contributed by atoms with Gasteiger partial charge in [0, 0.05) is 6.04 Å². The van der Waals surface area contributed by atoms with Crippen LogP contribution in [0.1, 0.15) is 32.6 Å². The van der Waals surface area contributed by atoms with E-state index in [1.54, 1.807) is 6.92 Å². The first-order valence-corrected chi connectivity index (χ1v) is 5.80. The van der Waals surface area contributed by atoms with Crippen LogP contribution in [0.3, 0.4) is 0 Å². The number of hydrogen-bond acceptors (Lipinski definition) is 3. The van der Waals surface area contributed by atoms with Crippen molar-refractivity contribution >= 4 is 11.9 Å². The number of carboxylic acid groups (broad SMARTS) is 1. The lowest BCUT2D eigenvalue weighted by atomic mass is 9.96. The molecule has 16 heavy (non-hydrogen) atoms. The lowest BCUT2D eigenvalue weighted by Gasteiger charge is -2.25. The van der Waals surface area contributed by atoms with Crippen molar-refractivity contribution in [2.45, 2.75) is 44.2 Å². The maximum absolute atomic E-state index is 11.4. The van der Waals surface area contributed by atoms with E-state index in [9.17, 15) is 9.59 Å². The van der Waals surface area contributed by atoms with Crippen LogP contribution < -0.4 is 10.6 Å². The number of amides is 1. The normalized spacial score (nSPS) is 23.6. The number of hydrogen-bond donors (Lipinski definition) is 3. The van der Waals surface area contributed by atoms with Gasteiger partial charge in [-0.25, -0.2) is 0 Å². The van der Waals surface area contributed by atoms with Gasteiger partial charge in [-0.2, -0.15) is 0 Å². The molecule has 0 radical (unpaired) electrons. The van der Waals surface area contributed by atoms with Crippen molar-refractivity contribution in [1.29, 1.82) is 0 Å². The lowest BCUT2D eigenvalue weighted by Crippen LogP contribution is -2.54. The Morgan fingerprint density at radius 3 is 2.38 bits per heavy atom. The summed E-state index contributed by atoms with van der Waals surface area (Å²) in [4.78, 5) is 22.6. The van der Waals surface area contributed by atoms with Crippen LogP contribution >= 0.6 is 0 Å². The molecule has 5 heteroatoms. The van der Waals surface area contributed by atoms with Crippen molar-refractivity contribution < 1.29 is 14.7 Å². The van der Waals surface area contributed by atoms with Gasteiger partial charge in [0.25, 0.3) is 0 Å². The number of carboxylic acids is 1. The Morgan fingerprint density at radius 2 is 1.94 bits per heavy atom. The van der Waals surface area contributed by atoms with Gasteiger partial charge in [-0.3, -0.25) is 14.9 Å². The van der Waals surface area contributed by atoms with E-state index in [-0.39, 0.29) is 18.4 Å². The van der Waals surface area contributed by atoms with Gasteiger partial charge in [0.2, 0.25) is 5.91 Å². The van der Waals surface area contributed by atoms with Gasteiger partial charge in [-0.05, 0) is 38.5 Å². The number of carbonyl (C=O) groups excluding carboxylic acids is 1. The first-order valence-electron chi connectivity index (χ1n) is 5.80. The summed E-state index contributed by atoms with van der Waals surface area (Å²) >= 11 is 0. The molecular formula is C11H18N2O3. The Kier molecular flexibility index (Phi) is 2.88. The highest BCUT2D eigenvalue weighted by atomic mass is 16.4. The summed E-state index contributed by atoms with van der Waals surface area (Å²) in [7, 11) is 0. The molecule has 0 aromatic carbocycles. The fraction of sp³-hybridized carbons (Fsp3) is 0.818. The molecule has 90 valence electrons. The monoisotopic (exact) mass is 226 g/mol. The van der Waals surface area contributed by atoms with Crippen LogP contribution in [-0.4, -0.2) is 35.1 Å². The fourth-order valence-corrected chi connectivity index (χ4v) is 1.83. The Labute approximate surface area is 94.6 Å². The summed E-state index contributed by atoms with van der Waals surface area (Å²) in [5.74, 6) is -0.802. The standard InChI is InChI=1S/C11H18N2O3/c1-11(10(15)16,7-2-3-7)12-6-9(14)13-8-4-5-8/h7-8,12H,2-6H2,1H3,(H,13,14)(H,15,16). The maximum atomic E-state index is 11.4. The topological polar surface area (TPSA) is 78.4 Å². The van der Waals surface area contributed by atoms with E-state index >= 15 is 0 Å². The van der Waals surface area contributed by atoms with Crippen LogP contribution in [0.2, 0.25) is 0 Å². The van der Waals surface area contributed by atoms with Crippen molar-refractivity contribution in [3.05, 3.63) is 0 Å². The van der Waals surface area contributed by atoms with Crippen LogP contribution in [0.25, 0.3) is 0 Å². The Hall–Kier alpha value is -1.10. The average Bonchev–Trinajstić information content (AvgIpc) is 3.04. The summed E-state index contributed by atoms with van der Waals surface area (Å²) in [6.45, 7) is 1.76. The maximum Gasteiger partial charge on any atom is 0.323 e. The zero-order valence-corrected chi connectivity index (χ0v) is 9.45. The van der Waals surface area contributed by atoms with Gasteiger partial charge in [0.15, 0.2) is 0 Å². The largest absolute Gasteiger partial charge is 0.480 e. The number of carbonyl (C=O) groups is 2. The summed E-state index contributed by atoms with van der Waals surface area (Å²) in [5.41, 5.74) is -0.944. The third-order valence-electron chi connectivity index (χ3n) is 3.40. The molecule has 2 aliphatic carbocycles. The fourth-order valence-electron chi connectivity index (χ4n) is 1.83. The second kappa shape index (κ2) is 4.05. The van der Waals surface area contributed by atoms with E-state index in [0.29, 0.717) is 6.04 Å². The molecule has 1 atom stereocenters. The van der Waals surface area contributed by atoms with Crippen LogP contribution in [0, 0.1) is 5.92 Å². The van der Waals surface area contributed by atoms with Gasteiger partial charge in [0.1, 0.15) is 5.54 Å². The molecule has 0 aromatic heterocycles. The van der Waals surface area contributed by atoms with Crippen molar-refractivity contribution in [3.63, 3.8) is 0 Å². The predicted molar refractivity (Wildman–Crippen MR) is 57.9 cm³/mol. The van der Waals surface area contributed by atoms with Gasteiger partial charge < -0.3 is 10.4 Å². The molecule has 0 aromatic rings. The van der Waals surface area contributed by atoms with E-state index < -0.39 is 11.5 Å². The van der Waals surface area contributed by atoms with E-state index in [1.165, 1.54) is 0 Å². The molecule has 5 nitrogen and oxygen atoms in total. The Morgan fingerprint density at radius 1 is 1.31 bits per heavy atom. The molecule has 2 saturated carbocycles. The molecule has 2 aliphatic rings. The van der Waals surface area contributed by atoms with Crippen molar-refractivity contribution in [2.75, 3.05) is 6.54 Å². The third kappa shape index (κ3) is 2.52. The van der Waals surface area contributed by atoms with E-state index in [2.05, 4.69) is 10.6 Å². The van der Waals surface area contributed by atoms with Crippen molar-refractivity contribution in [2.24, 2.45) is 5.92 Å². The second-order valence-corrected chi connectivity index (χ2v) is 4.98. The van der Waals surface area contributed by atoms with Crippen molar-refractivity contribution in [3.8, 4) is 0 Å². The summed E-state index contributed by atoms with van der Waals surface area (Å²) in [5, 5.41) is 14.9. The average molecular weight is 226 g/mol. The Balaban J connectivity index is 1.81. The SMILES string of the molecule is CC(NCC(=O)NC1CC1)(C(=O)O)C1CC1. The predicted octanol–water partition coefficient (Wildman–Crippen LogP) is 0.108. The number of rotatable bonds is 6. The van der Waals surface area contributed by atoms with E-state index in [4.69, 9.17) is 5.11 Å². The van der Waals surface area contributed by atoms with Gasteiger partial charge in [-0.1, -0.05) is 0 Å². The van der Waals surface area contributed by atoms with E-state index in [1.807, 2.05) is 0 Å². The molecule has 0 heterocycles. The molecule has 0 bridgehead atoms. The lowest BCUT2D eigenvalue weighted by molar-refractivity contribution is -0.145. The minimum Gasteiger partial charge on any atom is -0.480 e. The quantitative estimate of drug-likeness (QED) is 0.600. The second-order valence-electron chi connectivity index (χ2n) is 4.98. The first kappa shape index (κ1) is 11.4. The molecule has 1 unspecified atom stereocenters. The summed E-state index contributed by atoms with van der Waals surface area (Å²) in [6, 6.07) is 0.325. The molecule has 0 aliphatic heterocycles. The minimum absolute atomic E-state index is 0.0931. The number of nitrogens with one attached hydrogen (secondary N) is 2. The molecular weight excluding hydrogens is 208 g/mol. The molecule has 2 fully saturated rings. The highest BCUT2D eigenvalue weighted by Crippen LogP contribution is 2.39. The van der Waals surface area contributed by atoms with Crippen LogP contribution in [0.4, 0.5) is 0 Å².